The van der Waals surface area contributed by atoms with Crippen molar-refractivity contribution in [3.63, 3.8) is 0 Å². The zero-order valence-corrected chi connectivity index (χ0v) is 17.8. The van der Waals surface area contributed by atoms with Crippen LogP contribution >= 0.6 is 0 Å². The smallest absolute Gasteiger partial charge is 0.227 e. The number of anilines is 1. The first-order valence-corrected chi connectivity index (χ1v) is 10.0. The quantitative estimate of drug-likeness (QED) is 0.473. The van der Waals surface area contributed by atoms with Gasteiger partial charge in [-0.2, -0.15) is 10.1 Å². The number of rotatable bonds is 6. The Kier molecular flexibility index (Phi) is 5.81. The van der Waals surface area contributed by atoms with E-state index in [4.69, 9.17) is 4.52 Å². The third-order valence-corrected chi connectivity index (χ3v) is 4.93. The predicted molar refractivity (Wildman–Crippen MR) is 114 cm³/mol. The van der Waals surface area contributed by atoms with Crippen molar-refractivity contribution in [2.24, 2.45) is 0 Å². The summed E-state index contributed by atoms with van der Waals surface area (Å²) < 4.78 is 35.0. The van der Waals surface area contributed by atoms with Gasteiger partial charge in [-0.05, 0) is 56.7 Å². The average Bonchev–Trinajstić information content (AvgIpc) is 3.35. The molecule has 2 heterocycles. The number of nitrogens with one attached hydrogen (secondary N) is 1. The maximum Gasteiger partial charge on any atom is 0.227 e. The summed E-state index contributed by atoms with van der Waals surface area (Å²) in [6, 6.07) is 10.9. The van der Waals surface area contributed by atoms with E-state index in [1.54, 1.807) is 31.2 Å². The van der Waals surface area contributed by atoms with Crippen LogP contribution in [-0.4, -0.2) is 25.8 Å². The van der Waals surface area contributed by atoms with Gasteiger partial charge in [-0.25, -0.2) is 13.5 Å². The van der Waals surface area contributed by atoms with Crippen molar-refractivity contribution in [2.45, 2.75) is 33.6 Å². The lowest BCUT2D eigenvalue weighted by atomic mass is 10.1. The van der Waals surface area contributed by atoms with Crippen LogP contribution in [0.3, 0.4) is 0 Å². The van der Waals surface area contributed by atoms with E-state index >= 15 is 0 Å². The van der Waals surface area contributed by atoms with Gasteiger partial charge in [0, 0.05) is 29.8 Å². The average molecular weight is 437 g/mol. The Morgan fingerprint density at radius 3 is 2.56 bits per heavy atom. The fourth-order valence-electron chi connectivity index (χ4n) is 3.28. The molecular formula is C23H21F2N5O2. The summed E-state index contributed by atoms with van der Waals surface area (Å²) in [7, 11) is 0. The molecule has 0 bridgehead atoms. The minimum absolute atomic E-state index is 0.0602. The number of hydrogen-bond acceptors (Lipinski definition) is 5. The number of aromatic nitrogens is 4. The number of halogens is 2. The topological polar surface area (TPSA) is 85.8 Å². The molecule has 2 aromatic carbocycles. The molecule has 0 spiro atoms. The summed E-state index contributed by atoms with van der Waals surface area (Å²) in [6.45, 7) is 5.34. The molecule has 0 unspecified atom stereocenters. The van der Waals surface area contributed by atoms with Crippen LogP contribution in [0.15, 0.2) is 47.0 Å². The number of carbonyl (C=O) groups is 1. The fourth-order valence-corrected chi connectivity index (χ4v) is 3.28. The van der Waals surface area contributed by atoms with Crippen molar-refractivity contribution in [3.05, 3.63) is 76.9 Å². The predicted octanol–water partition coefficient (Wildman–Crippen LogP) is 4.70. The third-order valence-electron chi connectivity index (χ3n) is 4.93. The van der Waals surface area contributed by atoms with Crippen molar-refractivity contribution < 1.29 is 18.1 Å². The number of benzene rings is 2. The van der Waals surface area contributed by atoms with E-state index in [1.165, 1.54) is 16.8 Å². The van der Waals surface area contributed by atoms with Crippen LogP contribution in [0.25, 0.3) is 17.1 Å². The Morgan fingerprint density at radius 1 is 1.06 bits per heavy atom. The van der Waals surface area contributed by atoms with Gasteiger partial charge in [0.2, 0.25) is 17.6 Å². The molecule has 0 aliphatic rings. The third kappa shape index (κ3) is 4.56. The molecule has 4 aromatic rings. The first-order chi connectivity index (χ1) is 15.3. The van der Waals surface area contributed by atoms with Gasteiger partial charge in [0.05, 0.1) is 5.69 Å². The lowest BCUT2D eigenvalue weighted by Crippen LogP contribution is -2.13. The van der Waals surface area contributed by atoms with E-state index in [9.17, 15) is 13.6 Å². The fraction of sp³-hybridized carbons (Fsp3) is 0.217. The van der Waals surface area contributed by atoms with Crippen LogP contribution < -0.4 is 5.32 Å². The Hall–Kier alpha value is -3.88. The molecule has 1 amide bonds. The molecule has 4 rings (SSSR count). The summed E-state index contributed by atoms with van der Waals surface area (Å²) in [5.74, 6) is -0.682. The molecule has 9 heteroatoms. The largest absolute Gasteiger partial charge is 0.339 e. The first kappa shape index (κ1) is 21.4. The van der Waals surface area contributed by atoms with E-state index in [-0.39, 0.29) is 36.3 Å². The highest BCUT2D eigenvalue weighted by atomic mass is 19.1. The lowest BCUT2D eigenvalue weighted by Gasteiger charge is -2.09. The Labute approximate surface area is 183 Å². The van der Waals surface area contributed by atoms with Gasteiger partial charge in [0.25, 0.3) is 0 Å². The van der Waals surface area contributed by atoms with Crippen molar-refractivity contribution in [3.8, 4) is 17.1 Å². The Bertz CT molecular complexity index is 1300. The molecule has 0 aliphatic heterocycles. The highest BCUT2D eigenvalue weighted by molar-refractivity contribution is 5.90. The molecule has 164 valence electrons. The molecule has 0 fully saturated rings. The van der Waals surface area contributed by atoms with E-state index in [0.29, 0.717) is 22.5 Å². The zero-order valence-electron chi connectivity index (χ0n) is 17.8. The second-order valence-electron chi connectivity index (χ2n) is 7.53. The van der Waals surface area contributed by atoms with Gasteiger partial charge < -0.3 is 9.84 Å². The van der Waals surface area contributed by atoms with Crippen LogP contribution in [-0.2, 0) is 11.2 Å². The molecule has 0 saturated heterocycles. The lowest BCUT2D eigenvalue weighted by molar-refractivity contribution is -0.116. The molecule has 32 heavy (non-hydrogen) atoms. The van der Waals surface area contributed by atoms with E-state index in [2.05, 4.69) is 20.6 Å². The van der Waals surface area contributed by atoms with Gasteiger partial charge in [0.15, 0.2) is 5.82 Å². The summed E-state index contributed by atoms with van der Waals surface area (Å²) in [6.07, 6.45) is 0.254. The molecule has 0 aliphatic carbocycles. The maximum absolute atomic E-state index is 14.6. The number of hydrogen-bond donors (Lipinski definition) is 1. The van der Waals surface area contributed by atoms with Gasteiger partial charge in [-0.1, -0.05) is 17.3 Å². The van der Waals surface area contributed by atoms with Gasteiger partial charge in [-0.15, -0.1) is 0 Å². The van der Waals surface area contributed by atoms with Crippen molar-refractivity contribution in [2.75, 3.05) is 5.32 Å². The standard InChI is InChI=1S/C23H21F2N5O2/c1-13-4-5-16(11-18(13)24)23-27-22(32-29-23)9-8-21(31)26-17-6-7-20(19(25)12-17)30-15(3)10-14(2)28-30/h4-7,10-12H,8-9H2,1-3H3,(H,26,31). The Morgan fingerprint density at radius 2 is 1.88 bits per heavy atom. The number of amides is 1. The van der Waals surface area contributed by atoms with Crippen LogP contribution in [0.2, 0.25) is 0 Å². The number of nitrogens with zero attached hydrogens (tertiary/aromatic N) is 4. The number of carbonyl (C=O) groups excluding carboxylic acids is 1. The maximum atomic E-state index is 14.6. The van der Waals surface area contributed by atoms with Gasteiger partial charge in [0.1, 0.15) is 11.5 Å². The normalized spacial score (nSPS) is 11.0. The highest BCUT2D eigenvalue weighted by Crippen LogP contribution is 2.21. The van der Waals surface area contributed by atoms with Crippen LogP contribution in [0.4, 0.5) is 14.5 Å². The molecule has 0 saturated carbocycles. The highest BCUT2D eigenvalue weighted by Gasteiger charge is 2.14. The SMILES string of the molecule is Cc1cc(C)n(-c2ccc(NC(=O)CCc3nc(-c4ccc(C)c(F)c4)no3)cc2F)n1. The van der Waals surface area contributed by atoms with Crippen LogP contribution in [0, 0.1) is 32.4 Å². The molecule has 1 N–H and O–H groups in total. The monoisotopic (exact) mass is 437 g/mol. The summed E-state index contributed by atoms with van der Waals surface area (Å²) in [5, 5.41) is 10.8. The van der Waals surface area contributed by atoms with Crippen LogP contribution in [0.5, 0.6) is 0 Å². The van der Waals surface area contributed by atoms with Gasteiger partial charge >= 0.3 is 0 Å². The summed E-state index contributed by atoms with van der Waals surface area (Å²) >= 11 is 0. The van der Waals surface area contributed by atoms with E-state index in [0.717, 1.165) is 11.4 Å². The van der Waals surface area contributed by atoms with E-state index < -0.39 is 5.82 Å². The minimum Gasteiger partial charge on any atom is -0.339 e. The summed E-state index contributed by atoms with van der Waals surface area (Å²) in [5.41, 5.74) is 3.25. The van der Waals surface area contributed by atoms with Crippen molar-refractivity contribution in [1.29, 1.82) is 0 Å². The second-order valence-corrected chi connectivity index (χ2v) is 7.53. The van der Waals surface area contributed by atoms with Crippen molar-refractivity contribution in [1.82, 2.24) is 19.9 Å². The molecular weight excluding hydrogens is 416 g/mol. The Balaban J connectivity index is 1.37. The van der Waals surface area contributed by atoms with Gasteiger partial charge in [-0.3, -0.25) is 4.79 Å². The second kappa shape index (κ2) is 8.70. The summed E-state index contributed by atoms with van der Waals surface area (Å²) in [4.78, 5) is 16.5. The van der Waals surface area contributed by atoms with Crippen molar-refractivity contribution >= 4 is 11.6 Å². The zero-order chi connectivity index (χ0) is 22.8. The molecule has 0 atom stereocenters. The molecule has 7 nitrogen and oxygen atoms in total. The number of aryl methyl sites for hydroxylation is 4. The van der Waals surface area contributed by atoms with E-state index in [1.807, 2.05) is 19.9 Å². The minimum atomic E-state index is -0.499. The van der Waals surface area contributed by atoms with Crippen LogP contribution in [0.1, 0.15) is 29.3 Å². The first-order valence-electron chi connectivity index (χ1n) is 10.0. The molecule has 0 radical (unpaired) electrons. The molecule has 2 aromatic heterocycles.